The third-order valence-corrected chi connectivity index (χ3v) is 5.60. The smallest absolute Gasteiger partial charge is 0.254 e. The summed E-state index contributed by atoms with van der Waals surface area (Å²) in [4.78, 5) is 23.7. The highest BCUT2D eigenvalue weighted by atomic mass is 16.5. The molecule has 0 saturated carbocycles. The second-order valence-corrected chi connectivity index (χ2v) is 7.69. The highest BCUT2D eigenvalue weighted by Gasteiger charge is 2.31. The third-order valence-electron chi connectivity index (χ3n) is 5.60. The van der Waals surface area contributed by atoms with Gasteiger partial charge >= 0.3 is 0 Å². The molecule has 1 fully saturated rings. The molecule has 0 spiro atoms. The highest BCUT2D eigenvalue weighted by Crippen LogP contribution is 2.38. The van der Waals surface area contributed by atoms with E-state index in [0.717, 1.165) is 48.6 Å². The Bertz CT molecular complexity index is 1070. The van der Waals surface area contributed by atoms with Crippen molar-refractivity contribution >= 4 is 17.5 Å². The molecule has 5 rings (SSSR count). The normalized spacial score (nSPS) is 17.8. The van der Waals surface area contributed by atoms with E-state index in [4.69, 9.17) is 9.47 Å². The van der Waals surface area contributed by atoms with Gasteiger partial charge in [0.05, 0.1) is 19.3 Å². The van der Waals surface area contributed by atoms with Crippen LogP contribution in [0.4, 0.5) is 11.6 Å². The van der Waals surface area contributed by atoms with Gasteiger partial charge in [0.15, 0.2) is 11.5 Å². The largest absolute Gasteiger partial charge is 0.490 e. The number of fused-ring (bicyclic) bond motifs is 1. The maximum absolute atomic E-state index is 13.4. The zero-order valence-corrected chi connectivity index (χ0v) is 17.2. The molecule has 2 aliphatic heterocycles. The molecule has 3 heterocycles. The van der Waals surface area contributed by atoms with Crippen LogP contribution in [0, 0.1) is 0 Å². The number of rotatable bonds is 4. The molecule has 3 aromatic rings. The van der Waals surface area contributed by atoms with E-state index in [9.17, 15) is 4.79 Å². The fourth-order valence-corrected chi connectivity index (χ4v) is 4.13. The van der Waals surface area contributed by atoms with Gasteiger partial charge in [0.1, 0.15) is 0 Å². The molecule has 2 aliphatic rings. The summed E-state index contributed by atoms with van der Waals surface area (Å²) in [6, 6.07) is 15.3. The minimum absolute atomic E-state index is 0.0206. The zero-order chi connectivity index (χ0) is 21.0. The molecule has 7 heteroatoms. The van der Waals surface area contributed by atoms with Gasteiger partial charge in [-0.15, -0.1) is 0 Å². The van der Waals surface area contributed by atoms with E-state index >= 15 is 0 Å². The minimum atomic E-state index is 0.0206. The highest BCUT2D eigenvalue weighted by molar-refractivity contribution is 5.95. The molecule has 0 bridgehead atoms. The van der Waals surface area contributed by atoms with Crippen LogP contribution in [-0.2, 0) is 0 Å². The van der Waals surface area contributed by atoms with Crippen LogP contribution in [-0.4, -0.2) is 40.5 Å². The third kappa shape index (κ3) is 4.17. The van der Waals surface area contributed by atoms with Gasteiger partial charge < -0.3 is 19.7 Å². The number of carbonyl (C=O) groups excluding carboxylic acids is 1. The topological polar surface area (TPSA) is 76.6 Å². The summed E-state index contributed by atoms with van der Waals surface area (Å²) in [5.41, 5.74) is 2.51. The molecule has 2 aromatic carbocycles. The lowest BCUT2D eigenvalue weighted by Gasteiger charge is -2.26. The number of nitrogens with zero attached hydrogens (tertiary/aromatic N) is 3. The number of likely N-dealkylation sites (tertiary alicyclic amines) is 1. The van der Waals surface area contributed by atoms with Crippen molar-refractivity contribution in [2.75, 3.05) is 25.1 Å². The van der Waals surface area contributed by atoms with Crippen molar-refractivity contribution in [2.45, 2.75) is 25.3 Å². The van der Waals surface area contributed by atoms with Crippen LogP contribution in [0.15, 0.2) is 60.9 Å². The predicted molar refractivity (Wildman–Crippen MR) is 117 cm³/mol. The fourth-order valence-electron chi connectivity index (χ4n) is 4.13. The van der Waals surface area contributed by atoms with Crippen LogP contribution in [0.2, 0.25) is 0 Å². The molecule has 1 N–H and O–H groups in total. The first-order chi connectivity index (χ1) is 15.3. The Morgan fingerprint density at radius 2 is 1.81 bits per heavy atom. The lowest BCUT2D eigenvalue weighted by Crippen LogP contribution is -2.30. The second kappa shape index (κ2) is 8.63. The number of nitrogens with one attached hydrogen (secondary N) is 1. The number of ether oxygens (including phenoxy) is 2. The number of amides is 1. The molecule has 31 heavy (non-hydrogen) atoms. The molecule has 7 nitrogen and oxygen atoms in total. The number of hydrogen-bond acceptors (Lipinski definition) is 6. The average molecular weight is 416 g/mol. The lowest BCUT2D eigenvalue weighted by atomic mass is 10.0. The minimum Gasteiger partial charge on any atom is -0.490 e. The fraction of sp³-hybridized carbons (Fsp3) is 0.292. The summed E-state index contributed by atoms with van der Waals surface area (Å²) in [6.07, 6.45) is 6.13. The van der Waals surface area contributed by atoms with Crippen LogP contribution in [0.5, 0.6) is 11.5 Å². The summed E-state index contributed by atoms with van der Waals surface area (Å²) < 4.78 is 11.6. The lowest BCUT2D eigenvalue weighted by molar-refractivity contribution is 0.0735. The standard InChI is InChI=1S/C24H24N4O3/c29-23(18-5-1-6-19(15-18)27-24-25-10-3-11-26-24)28-12-2-7-20(28)17-8-9-21-22(16-17)31-14-4-13-30-21/h1,3,5-6,8-11,15-16,20H,2,4,7,12-14H2,(H,25,26,27)/t20-/m1/s1. The first-order valence-electron chi connectivity index (χ1n) is 10.6. The monoisotopic (exact) mass is 416 g/mol. The second-order valence-electron chi connectivity index (χ2n) is 7.69. The SMILES string of the molecule is O=C(c1cccc(Nc2ncccn2)c1)N1CCC[C@@H]1c1ccc2c(c1)OCCCO2. The Balaban J connectivity index is 1.37. The number of carbonyl (C=O) groups is 1. The summed E-state index contributed by atoms with van der Waals surface area (Å²) in [5, 5.41) is 3.15. The maximum Gasteiger partial charge on any atom is 0.254 e. The first kappa shape index (κ1) is 19.4. The Morgan fingerprint density at radius 1 is 0.968 bits per heavy atom. The first-order valence-corrected chi connectivity index (χ1v) is 10.6. The number of hydrogen-bond donors (Lipinski definition) is 1. The van der Waals surface area contributed by atoms with Crippen LogP contribution in [0.1, 0.15) is 41.2 Å². The molecule has 1 saturated heterocycles. The van der Waals surface area contributed by atoms with Gasteiger partial charge in [-0.05, 0) is 54.8 Å². The Hall–Kier alpha value is -3.61. The van der Waals surface area contributed by atoms with Crippen molar-refractivity contribution in [1.82, 2.24) is 14.9 Å². The summed E-state index contributed by atoms with van der Waals surface area (Å²) in [7, 11) is 0. The van der Waals surface area contributed by atoms with Crippen molar-refractivity contribution in [3.05, 3.63) is 72.1 Å². The van der Waals surface area contributed by atoms with Crippen molar-refractivity contribution < 1.29 is 14.3 Å². The van der Waals surface area contributed by atoms with Gasteiger partial charge in [0, 0.05) is 36.6 Å². The van der Waals surface area contributed by atoms with Crippen molar-refractivity contribution in [3.8, 4) is 11.5 Å². The van der Waals surface area contributed by atoms with Gasteiger partial charge in [0.25, 0.3) is 5.91 Å². The van der Waals surface area contributed by atoms with Gasteiger partial charge in [-0.3, -0.25) is 4.79 Å². The molecular formula is C24H24N4O3. The van der Waals surface area contributed by atoms with Crippen molar-refractivity contribution in [1.29, 1.82) is 0 Å². The molecule has 0 radical (unpaired) electrons. The van der Waals surface area contributed by atoms with Gasteiger partial charge in [0.2, 0.25) is 5.95 Å². The van der Waals surface area contributed by atoms with Crippen molar-refractivity contribution in [2.24, 2.45) is 0 Å². The van der Waals surface area contributed by atoms with E-state index in [1.165, 1.54) is 0 Å². The molecular weight excluding hydrogens is 392 g/mol. The molecule has 0 aliphatic carbocycles. The van der Waals surface area contributed by atoms with Crippen LogP contribution in [0.25, 0.3) is 0 Å². The Labute approximate surface area is 181 Å². The quantitative estimate of drug-likeness (QED) is 0.681. The number of anilines is 2. The number of benzene rings is 2. The van der Waals surface area contributed by atoms with Gasteiger partial charge in [-0.1, -0.05) is 12.1 Å². The number of aromatic nitrogens is 2. The van der Waals surface area contributed by atoms with Crippen LogP contribution in [0.3, 0.4) is 0 Å². The summed E-state index contributed by atoms with van der Waals surface area (Å²) in [6.45, 7) is 2.05. The van der Waals surface area contributed by atoms with E-state index in [-0.39, 0.29) is 11.9 Å². The zero-order valence-electron chi connectivity index (χ0n) is 17.2. The maximum atomic E-state index is 13.4. The van der Waals surface area contributed by atoms with Crippen LogP contribution >= 0.6 is 0 Å². The van der Waals surface area contributed by atoms with Crippen molar-refractivity contribution in [3.63, 3.8) is 0 Å². The average Bonchev–Trinajstić information content (AvgIpc) is 3.18. The van der Waals surface area contributed by atoms with E-state index in [1.807, 2.05) is 41.3 Å². The molecule has 158 valence electrons. The van der Waals surface area contributed by atoms with E-state index in [2.05, 4.69) is 21.4 Å². The Morgan fingerprint density at radius 3 is 2.68 bits per heavy atom. The molecule has 0 unspecified atom stereocenters. The molecule has 1 atom stereocenters. The van der Waals surface area contributed by atoms with Crippen LogP contribution < -0.4 is 14.8 Å². The molecule has 1 amide bonds. The molecule has 1 aromatic heterocycles. The van der Waals surface area contributed by atoms with Gasteiger partial charge in [-0.25, -0.2) is 9.97 Å². The summed E-state index contributed by atoms with van der Waals surface area (Å²) >= 11 is 0. The predicted octanol–water partition coefficient (Wildman–Crippen LogP) is 4.36. The van der Waals surface area contributed by atoms with E-state index in [0.29, 0.717) is 24.7 Å². The van der Waals surface area contributed by atoms with E-state index < -0.39 is 0 Å². The van der Waals surface area contributed by atoms with E-state index in [1.54, 1.807) is 18.5 Å². The Kier molecular flexibility index (Phi) is 5.39. The van der Waals surface area contributed by atoms with Gasteiger partial charge in [-0.2, -0.15) is 0 Å². The summed E-state index contributed by atoms with van der Waals surface area (Å²) in [5.74, 6) is 2.06.